The summed E-state index contributed by atoms with van der Waals surface area (Å²) in [5, 5.41) is 4.35. The van der Waals surface area contributed by atoms with Crippen LogP contribution in [0.4, 0.5) is 5.82 Å². The molecule has 3 rings (SSSR count). The summed E-state index contributed by atoms with van der Waals surface area (Å²) in [6.07, 6.45) is 2.38. The lowest BCUT2D eigenvalue weighted by Gasteiger charge is -2.33. The van der Waals surface area contributed by atoms with Gasteiger partial charge in [0, 0.05) is 11.4 Å². The Kier molecular flexibility index (Phi) is 4.31. The summed E-state index contributed by atoms with van der Waals surface area (Å²) in [6, 6.07) is 8.54. The molecule has 1 aromatic carbocycles. The molecular weight excluding hydrogens is 262 g/mol. The molecule has 5 heteroatoms. The Labute approximate surface area is 125 Å². The van der Waals surface area contributed by atoms with E-state index in [1.807, 2.05) is 24.3 Å². The maximum Gasteiger partial charge on any atom is 0.145 e. The summed E-state index contributed by atoms with van der Waals surface area (Å²) < 4.78 is 0. The van der Waals surface area contributed by atoms with Crippen molar-refractivity contribution in [2.45, 2.75) is 32.4 Å². The van der Waals surface area contributed by atoms with E-state index in [1.54, 1.807) is 0 Å². The standard InChI is InChI=1S/C16H23N5/c1-2-21(12-7-9-18-10-8-12)11-15-19-14-6-4-3-5-13(14)16(17)20-15/h3-6,12,18H,2,7-11H2,1H3,(H2,17,19,20). The lowest BCUT2D eigenvalue weighted by Crippen LogP contribution is -2.42. The summed E-state index contributed by atoms with van der Waals surface area (Å²) >= 11 is 0. The Morgan fingerprint density at radius 3 is 2.76 bits per heavy atom. The molecular formula is C16H23N5. The molecule has 3 N–H and O–H groups in total. The van der Waals surface area contributed by atoms with E-state index in [1.165, 1.54) is 12.8 Å². The molecule has 1 aromatic heterocycles. The molecule has 0 amide bonds. The highest BCUT2D eigenvalue weighted by Crippen LogP contribution is 2.19. The van der Waals surface area contributed by atoms with Gasteiger partial charge in [-0.15, -0.1) is 0 Å². The third kappa shape index (κ3) is 3.14. The molecule has 1 saturated heterocycles. The Hall–Kier alpha value is -1.72. The number of nitrogen functional groups attached to an aromatic ring is 1. The lowest BCUT2D eigenvalue weighted by molar-refractivity contribution is 0.158. The highest BCUT2D eigenvalue weighted by molar-refractivity contribution is 5.87. The van der Waals surface area contributed by atoms with Crippen molar-refractivity contribution in [3.05, 3.63) is 30.1 Å². The molecule has 0 bridgehead atoms. The minimum Gasteiger partial charge on any atom is -0.383 e. The zero-order valence-electron chi connectivity index (χ0n) is 12.5. The van der Waals surface area contributed by atoms with Gasteiger partial charge in [0.25, 0.3) is 0 Å². The van der Waals surface area contributed by atoms with Crippen LogP contribution in [-0.4, -0.2) is 40.5 Å². The second kappa shape index (κ2) is 6.37. The Morgan fingerprint density at radius 2 is 2.00 bits per heavy atom. The van der Waals surface area contributed by atoms with Crippen molar-refractivity contribution < 1.29 is 0 Å². The summed E-state index contributed by atoms with van der Waals surface area (Å²) in [6.45, 7) is 6.19. The molecule has 0 spiro atoms. The van der Waals surface area contributed by atoms with E-state index >= 15 is 0 Å². The molecule has 5 nitrogen and oxygen atoms in total. The fourth-order valence-corrected chi connectivity index (χ4v) is 3.07. The number of piperidine rings is 1. The SMILES string of the molecule is CCN(Cc1nc(N)c2ccccc2n1)C1CCNCC1. The third-order valence-electron chi connectivity index (χ3n) is 4.25. The van der Waals surface area contributed by atoms with Gasteiger partial charge < -0.3 is 11.1 Å². The van der Waals surface area contributed by atoms with Gasteiger partial charge in [-0.05, 0) is 44.6 Å². The van der Waals surface area contributed by atoms with Gasteiger partial charge in [-0.2, -0.15) is 0 Å². The van der Waals surface area contributed by atoms with Crippen LogP contribution in [0.2, 0.25) is 0 Å². The van der Waals surface area contributed by atoms with Crippen molar-refractivity contribution in [1.82, 2.24) is 20.2 Å². The van der Waals surface area contributed by atoms with Crippen molar-refractivity contribution in [2.75, 3.05) is 25.4 Å². The molecule has 21 heavy (non-hydrogen) atoms. The molecule has 2 aromatic rings. The van der Waals surface area contributed by atoms with Crippen LogP contribution >= 0.6 is 0 Å². The van der Waals surface area contributed by atoms with E-state index in [0.717, 1.165) is 42.9 Å². The van der Waals surface area contributed by atoms with Gasteiger partial charge in [-0.3, -0.25) is 4.90 Å². The van der Waals surface area contributed by atoms with Gasteiger partial charge in [-0.25, -0.2) is 9.97 Å². The average Bonchev–Trinajstić information content (AvgIpc) is 2.53. The maximum atomic E-state index is 6.07. The van der Waals surface area contributed by atoms with Gasteiger partial charge in [0.1, 0.15) is 11.6 Å². The predicted molar refractivity (Wildman–Crippen MR) is 85.9 cm³/mol. The first-order valence-electron chi connectivity index (χ1n) is 7.74. The average molecular weight is 285 g/mol. The van der Waals surface area contributed by atoms with E-state index in [9.17, 15) is 0 Å². The second-order valence-electron chi connectivity index (χ2n) is 5.59. The van der Waals surface area contributed by atoms with Gasteiger partial charge >= 0.3 is 0 Å². The van der Waals surface area contributed by atoms with Gasteiger partial charge in [0.05, 0.1) is 12.1 Å². The molecule has 0 atom stereocenters. The molecule has 1 aliphatic heterocycles. The molecule has 1 aliphatic rings. The highest BCUT2D eigenvalue weighted by Gasteiger charge is 2.20. The largest absolute Gasteiger partial charge is 0.383 e. The van der Waals surface area contributed by atoms with Crippen LogP contribution in [0.3, 0.4) is 0 Å². The quantitative estimate of drug-likeness (QED) is 0.896. The molecule has 0 aliphatic carbocycles. The number of anilines is 1. The van der Waals surface area contributed by atoms with Gasteiger partial charge in [0.2, 0.25) is 0 Å². The number of benzene rings is 1. The highest BCUT2D eigenvalue weighted by atomic mass is 15.2. The zero-order chi connectivity index (χ0) is 14.7. The number of aromatic nitrogens is 2. The molecule has 1 fully saturated rings. The fourth-order valence-electron chi connectivity index (χ4n) is 3.07. The minimum absolute atomic E-state index is 0.581. The normalized spacial score (nSPS) is 16.7. The van der Waals surface area contributed by atoms with Crippen LogP contribution in [0.5, 0.6) is 0 Å². The topological polar surface area (TPSA) is 67.1 Å². The summed E-state index contributed by atoms with van der Waals surface area (Å²) in [5.74, 6) is 1.41. The van der Waals surface area contributed by atoms with Crippen molar-refractivity contribution >= 4 is 16.7 Å². The van der Waals surface area contributed by atoms with E-state index in [-0.39, 0.29) is 0 Å². The number of para-hydroxylation sites is 1. The first-order valence-corrected chi connectivity index (χ1v) is 7.74. The van der Waals surface area contributed by atoms with E-state index < -0.39 is 0 Å². The molecule has 2 heterocycles. The van der Waals surface area contributed by atoms with E-state index in [0.29, 0.717) is 11.9 Å². The number of fused-ring (bicyclic) bond motifs is 1. The molecule has 0 unspecified atom stereocenters. The zero-order valence-corrected chi connectivity index (χ0v) is 12.5. The van der Waals surface area contributed by atoms with Crippen molar-refractivity contribution in [3.63, 3.8) is 0 Å². The number of hydrogen-bond acceptors (Lipinski definition) is 5. The maximum absolute atomic E-state index is 6.07. The summed E-state index contributed by atoms with van der Waals surface area (Å²) in [7, 11) is 0. The number of hydrogen-bond donors (Lipinski definition) is 2. The van der Waals surface area contributed by atoms with Crippen molar-refractivity contribution in [3.8, 4) is 0 Å². The van der Waals surface area contributed by atoms with Crippen LogP contribution in [0.1, 0.15) is 25.6 Å². The van der Waals surface area contributed by atoms with E-state index in [4.69, 9.17) is 5.73 Å². The second-order valence-corrected chi connectivity index (χ2v) is 5.59. The van der Waals surface area contributed by atoms with Crippen molar-refractivity contribution in [1.29, 1.82) is 0 Å². The smallest absolute Gasteiger partial charge is 0.145 e. The first kappa shape index (κ1) is 14.2. The third-order valence-corrected chi connectivity index (χ3v) is 4.25. The van der Waals surface area contributed by atoms with Crippen LogP contribution in [0.15, 0.2) is 24.3 Å². The monoisotopic (exact) mass is 285 g/mol. The summed E-state index contributed by atoms with van der Waals surface area (Å²) in [5.41, 5.74) is 7.00. The Morgan fingerprint density at radius 1 is 1.24 bits per heavy atom. The van der Waals surface area contributed by atoms with Crippen LogP contribution in [-0.2, 0) is 6.54 Å². The molecule has 0 radical (unpaired) electrons. The van der Waals surface area contributed by atoms with Crippen LogP contribution in [0.25, 0.3) is 10.9 Å². The predicted octanol–water partition coefficient (Wildman–Crippen LogP) is 1.79. The number of nitrogens with two attached hydrogens (primary N) is 1. The number of nitrogens with one attached hydrogen (secondary N) is 1. The molecule has 112 valence electrons. The van der Waals surface area contributed by atoms with Crippen LogP contribution < -0.4 is 11.1 Å². The first-order chi connectivity index (χ1) is 10.3. The van der Waals surface area contributed by atoms with Gasteiger partial charge in [0.15, 0.2) is 0 Å². The summed E-state index contributed by atoms with van der Waals surface area (Å²) in [4.78, 5) is 11.6. The lowest BCUT2D eigenvalue weighted by atomic mass is 10.0. The Bertz CT molecular complexity index is 607. The van der Waals surface area contributed by atoms with Crippen molar-refractivity contribution in [2.24, 2.45) is 0 Å². The number of rotatable bonds is 4. The Balaban J connectivity index is 1.82. The van der Waals surface area contributed by atoms with Gasteiger partial charge in [-0.1, -0.05) is 19.1 Å². The molecule has 0 saturated carbocycles. The number of nitrogens with zero attached hydrogens (tertiary/aromatic N) is 3. The fraction of sp³-hybridized carbons (Fsp3) is 0.500. The minimum atomic E-state index is 0.581. The van der Waals surface area contributed by atoms with Crippen LogP contribution in [0, 0.1) is 0 Å². The van der Waals surface area contributed by atoms with E-state index in [2.05, 4.69) is 27.1 Å².